The third-order valence-electron chi connectivity index (χ3n) is 4.61. The summed E-state index contributed by atoms with van der Waals surface area (Å²) >= 11 is 1.61. The summed E-state index contributed by atoms with van der Waals surface area (Å²) in [5, 5.41) is 8.06. The Balaban J connectivity index is 1.24. The SMILES string of the molecule is O=C(NCC1CN(C(=O)Cc2ccsc2)C1)c1ccc2cc[nH]c2c1. The van der Waals surface area contributed by atoms with Gasteiger partial charge in [0.25, 0.3) is 5.91 Å². The average molecular weight is 353 g/mol. The fourth-order valence-electron chi connectivity index (χ4n) is 3.11. The standard InChI is InChI=1S/C19H19N3O2S/c23-18(7-13-4-6-25-12-13)22-10-14(11-22)9-21-19(24)16-2-1-15-3-5-20-17(15)8-16/h1-6,8,12,14,20H,7,9-11H2,(H,21,24). The van der Waals surface area contributed by atoms with Crippen LogP contribution in [0.25, 0.3) is 10.9 Å². The van der Waals surface area contributed by atoms with Gasteiger partial charge < -0.3 is 15.2 Å². The number of carbonyl (C=O) groups excluding carboxylic acids is 2. The molecule has 4 rings (SSSR count). The number of amides is 2. The molecule has 2 N–H and O–H groups in total. The Hall–Kier alpha value is -2.60. The molecule has 25 heavy (non-hydrogen) atoms. The second kappa shape index (κ2) is 6.72. The van der Waals surface area contributed by atoms with Crippen LogP contribution in [0.15, 0.2) is 47.3 Å². The lowest BCUT2D eigenvalue weighted by atomic mass is 9.99. The zero-order valence-corrected chi connectivity index (χ0v) is 14.5. The fourth-order valence-corrected chi connectivity index (χ4v) is 3.78. The van der Waals surface area contributed by atoms with Crippen molar-refractivity contribution in [2.75, 3.05) is 19.6 Å². The highest BCUT2D eigenvalue weighted by atomic mass is 32.1. The first-order chi connectivity index (χ1) is 12.2. The van der Waals surface area contributed by atoms with E-state index in [-0.39, 0.29) is 11.8 Å². The zero-order chi connectivity index (χ0) is 17.2. The van der Waals surface area contributed by atoms with Crippen molar-refractivity contribution in [2.24, 2.45) is 5.92 Å². The summed E-state index contributed by atoms with van der Waals surface area (Å²) in [7, 11) is 0. The Morgan fingerprint density at radius 2 is 2.12 bits per heavy atom. The van der Waals surface area contributed by atoms with Gasteiger partial charge >= 0.3 is 0 Å². The van der Waals surface area contributed by atoms with Gasteiger partial charge in [0.1, 0.15) is 0 Å². The number of carbonyl (C=O) groups is 2. The van der Waals surface area contributed by atoms with E-state index in [1.807, 2.05) is 52.2 Å². The topological polar surface area (TPSA) is 65.2 Å². The number of hydrogen-bond acceptors (Lipinski definition) is 3. The minimum atomic E-state index is -0.0699. The Labute approximate surface area is 149 Å². The van der Waals surface area contributed by atoms with Crippen molar-refractivity contribution in [1.29, 1.82) is 0 Å². The smallest absolute Gasteiger partial charge is 0.251 e. The van der Waals surface area contributed by atoms with Crippen LogP contribution in [-0.4, -0.2) is 41.3 Å². The van der Waals surface area contributed by atoms with Crippen molar-refractivity contribution >= 4 is 34.1 Å². The van der Waals surface area contributed by atoms with Crippen molar-refractivity contribution in [2.45, 2.75) is 6.42 Å². The molecule has 0 atom stereocenters. The van der Waals surface area contributed by atoms with E-state index >= 15 is 0 Å². The molecule has 1 fully saturated rings. The summed E-state index contributed by atoms with van der Waals surface area (Å²) in [5.74, 6) is 0.433. The van der Waals surface area contributed by atoms with Gasteiger partial charge in [-0.2, -0.15) is 11.3 Å². The van der Waals surface area contributed by atoms with Crippen LogP contribution < -0.4 is 5.32 Å². The van der Waals surface area contributed by atoms with Crippen molar-refractivity contribution in [3.8, 4) is 0 Å². The van der Waals surface area contributed by atoms with Gasteiger partial charge in [-0.15, -0.1) is 0 Å². The predicted octanol–water partition coefficient (Wildman–Crippen LogP) is 2.66. The molecule has 0 bridgehead atoms. The molecule has 0 spiro atoms. The summed E-state index contributed by atoms with van der Waals surface area (Å²) in [6.45, 7) is 2.04. The van der Waals surface area contributed by atoms with Gasteiger partial charge in [0.05, 0.1) is 6.42 Å². The molecule has 1 aromatic carbocycles. The number of aromatic nitrogens is 1. The maximum Gasteiger partial charge on any atom is 0.251 e. The van der Waals surface area contributed by atoms with E-state index in [0.717, 1.165) is 29.6 Å². The third kappa shape index (κ3) is 3.44. The van der Waals surface area contributed by atoms with Crippen LogP contribution in [0.2, 0.25) is 0 Å². The van der Waals surface area contributed by atoms with Gasteiger partial charge in [-0.05, 0) is 46.0 Å². The van der Waals surface area contributed by atoms with E-state index in [2.05, 4.69) is 10.3 Å². The number of nitrogens with one attached hydrogen (secondary N) is 2. The lowest BCUT2D eigenvalue weighted by molar-refractivity contribution is -0.136. The Bertz CT molecular complexity index is 894. The molecule has 5 nitrogen and oxygen atoms in total. The van der Waals surface area contributed by atoms with Crippen LogP contribution in [0, 0.1) is 5.92 Å². The molecule has 2 aromatic heterocycles. The molecule has 1 aliphatic rings. The van der Waals surface area contributed by atoms with E-state index in [1.54, 1.807) is 11.3 Å². The molecule has 128 valence electrons. The molecule has 1 saturated heterocycles. The summed E-state index contributed by atoms with van der Waals surface area (Å²) in [5.41, 5.74) is 2.69. The lowest BCUT2D eigenvalue weighted by Gasteiger charge is -2.39. The molecule has 0 saturated carbocycles. The normalized spacial score (nSPS) is 14.5. The first-order valence-corrected chi connectivity index (χ1v) is 9.27. The number of H-pyrrole nitrogens is 1. The largest absolute Gasteiger partial charge is 0.361 e. The highest BCUT2D eigenvalue weighted by Gasteiger charge is 2.30. The number of benzene rings is 1. The molecular formula is C19H19N3O2S. The number of rotatable bonds is 5. The number of hydrogen-bond donors (Lipinski definition) is 2. The van der Waals surface area contributed by atoms with Crippen LogP contribution in [0.5, 0.6) is 0 Å². The quantitative estimate of drug-likeness (QED) is 0.741. The van der Waals surface area contributed by atoms with Gasteiger partial charge in [0, 0.05) is 42.8 Å². The van der Waals surface area contributed by atoms with Crippen molar-refractivity contribution in [3.63, 3.8) is 0 Å². The van der Waals surface area contributed by atoms with Crippen molar-refractivity contribution < 1.29 is 9.59 Å². The molecule has 3 aromatic rings. The Morgan fingerprint density at radius 3 is 2.92 bits per heavy atom. The van der Waals surface area contributed by atoms with Crippen molar-refractivity contribution in [1.82, 2.24) is 15.2 Å². The van der Waals surface area contributed by atoms with Crippen LogP contribution in [0.4, 0.5) is 0 Å². The molecule has 3 heterocycles. The van der Waals surface area contributed by atoms with Gasteiger partial charge in [0.2, 0.25) is 5.91 Å². The Kier molecular flexibility index (Phi) is 4.28. The minimum Gasteiger partial charge on any atom is -0.361 e. The van der Waals surface area contributed by atoms with E-state index in [4.69, 9.17) is 0 Å². The first-order valence-electron chi connectivity index (χ1n) is 8.33. The summed E-state index contributed by atoms with van der Waals surface area (Å²) in [6.07, 6.45) is 2.33. The summed E-state index contributed by atoms with van der Waals surface area (Å²) < 4.78 is 0. The molecule has 0 unspecified atom stereocenters. The second-order valence-electron chi connectivity index (χ2n) is 6.46. The highest BCUT2D eigenvalue weighted by molar-refractivity contribution is 7.08. The van der Waals surface area contributed by atoms with Crippen LogP contribution in [0.1, 0.15) is 15.9 Å². The molecule has 0 radical (unpaired) electrons. The zero-order valence-electron chi connectivity index (χ0n) is 13.7. The predicted molar refractivity (Wildman–Crippen MR) is 98.7 cm³/mol. The maximum atomic E-state index is 12.3. The number of nitrogens with zero attached hydrogens (tertiary/aromatic N) is 1. The van der Waals surface area contributed by atoms with Gasteiger partial charge in [-0.3, -0.25) is 9.59 Å². The van der Waals surface area contributed by atoms with Crippen LogP contribution >= 0.6 is 11.3 Å². The maximum absolute atomic E-state index is 12.3. The molecule has 6 heteroatoms. The molecule has 1 aliphatic heterocycles. The highest BCUT2D eigenvalue weighted by Crippen LogP contribution is 2.18. The average Bonchev–Trinajstić information content (AvgIpc) is 3.23. The van der Waals surface area contributed by atoms with E-state index in [9.17, 15) is 9.59 Å². The third-order valence-corrected chi connectivity index (χ3v) is 5.35. The fraction of sp³-hybridized carbons (Fsp3) is 0.263. The number of thiophene rings is 1. The summed E-state index contributed by atoms with van der Waals surface area (Å²) in [4.78, 5) is 29.4. The molecule has 2 amide bonds. The number of aromatic amines is 1. The second-order valence-corrected chi connectivity index (χ2v) is 7.24. The van der Waals surface area contributed by atoms with E-state index < -0.39 is 0 Å². The van der Waals surface area contributed by atoms with Crippen LogP contribution in [0.3, 0.4) is 0 Å². The van der Waals surface area contributed by atoms with E-state index in [0.29, 0.717) is 24.4 Å². The number of fused-ring (bicyclic) bond motifs is 1. The lowest BCUT2D eigenvalue weighted by Crippen LogP contribution is -2.54. The van der Waals surface area contributed by atoms with Gasteiger partial charge in [-0.25, -0.2) is 0 Å². The van der Waals surface area contributed by atoms with Crippen molar-refractivity contribution in [3.05, 3.63) is 58.4 Å². The Morgan fingerprint density at radius 1 is 1.24 bits per heavy atom. The monoisotopic (exact) mass is 353 g/mol. The number of likely N-dealkylation sites (tertiary alicyclic amines) is 1. The molecular weight excluding hydrogens is 334 g/mol. The van der Waals surface area contributed by atoms with E-state index in [1.165, 1.54) is 0 Å². The van der Waals surface area contributed by atoms with Gasteiger partial charge in [-0.1, -0.05) is 6.07 Å². The van der Waals surface area contributed by atoms with Gasteiger partial charge in [0.15, 0.2) is 0 Å². The first kappa shape index (κ1) is 15.9. The minimum absolute atomic E-state index is 0.0699. The molecule has 0 aliphatic carbocycles. The summed E-state index contributed by atoms with van der Waals surface area (Å²) in [6, 6.07) is 9.61. The van der Waals surface area contributed by atoms with Crippen LogP contribution in [-0.2, 0) is 11.2 Å².